The second-order valence-corrected chi connectivity index (χ2v) is 12.3. The number of oxazole rings is 1. The minimum atomic E-state index is -1.02. The van der Waals surface area contributed by atoms with E-state index in [0.717, 1.165) is 4.90 Å². The number of aryl methyl sites for hydroxylation is 1. The van der Waals surface area contributed by atoms with Crippen molar-refractivity contribution in [2.75, 3.05) is 44.9 Å². The SMILES string of the molecule is Cn1nc(-c2nc3cc(OCc4ccc(OCCOCCOCCNc5cccc6c5C(=O)N(C5CCC(=O)NC5=O)C6=O)cn4)ccc3o2)ccc1=O. The molecule has 4 amide bonds. The number of ether oxygens (including phenoxy) is 4. The molecule has 17 heteroatoms. The number of carbonyl (C=O) groups is 4. The number of hydrogen-bond acceptors (Lipinski definition) is 14. The Bertz CT molecular complexity index is 2270. The zero-order valence-electron chi connectivity index (χ0n) is 29.1. The van der Waals surface area contributed by atoms with Crippen LogP contribution in [-0.4, -0.2) is 93.9 Å². The number of piperidine rings is 1. The van der Waals surface area contributed by atoms with Gasteiger partial charge in [0.2, 0.25) is 17.7 Å². The van der Waals surface area contributed by atoms with Crippen LogP contribution >= 0.6 is 0 Å². The van der Waals surface area contributed by atoms with Gasteiger partial charge in [-0.05, 0) is 48.9 Å². The van der Waals surface area contributed by atoms with Crippen molar-refractivity contribution in [3.8, 4) is 23.1 Å². The monoisotopic (exact) mass is 737 g/mol. The Labute approximate surface area is 307 Å². The largest absolute Gasteiger partial charge is 0.490 e. The lowest BCUT2D eigenvalue weighted by Gasteiger charge is -2.27. The Kier molecular flexibility index (Phi) is 10.7. The number of fused-ring (bicyclic) bond motifs is 2. The minimum absolute atomic E-state index is 0.0568. The van der Waals surface area contributed by atoms with E-state index in [2.05, 4.69) is 25.7 Å². The van der Waals surface area contributed by atoms with Gasteiger partial charge in [-0.2, -0.15) is 5.10 Å². The van der Waals surface area contributed by atoms with Gasteiger partial charge in [0.25, 0.3) is 17.4 Å². The van der Waals surface area contributed by atoms with Crippen LogP contribution in [-0.2, 0) is 32.7 Å². The summed E-state index contributed by atoms with van der Waals surface area (Å²) in [6.45, 7) is 2.24. The molecule has 5 heterocycles. The second-order valence-electron chi connectivity index (χ2n) is 12.3. The van der Waals surface area contributed by atoms with Crippen molar-refractivity contribution in [3.63, 3.8) is 0 Å². The van der Waals surface area contributed by atoms with Crippen molar-refractivity contribution in [1.29, 1.82) is 0 Å². The van der Waals surface area contributed by atoms with Gasteiger partial charge in [-0.25, -0.2) is 9.67 Å². The summed E-state index contributed by atoms with van der Waals surface area (Å²) in [6.07, 6.45) is 1.76. The maximum atomic E-state index is 13.2. The number of pyridine rings is 1. The molecule has 1 atom stereocenters. The fraction of sp³-hybridized carbons (Fsp3) is 0.297. The highest BCUT2D eigenvalue weighted by Crippen LogP contribution is 2.32. The molecule has 1 unspecified atom stereocenters. The lowest BCUT2D eigenvalue weighted by atomic mass is 10.0. The van der Waals surface area contributed by atoms with Crippen LogP contribution in [0.1, 0.15) is 39.3 Å². The molecule has 2 aromatic carbocycles. The molecular formula is C37H35N7O10. The van der Waals surface area contributed by atoms with Gasteiger partial charge < -0.3 is 28.7 Å². The first-order chi connectivity index (χ1) is 26.2. The lowest BCUT2D eigenvalue weighted by Crippen LogP contribution is -2.54. The zero-order valence-corrected chi connectivity index (χ0v) is 29.1. The third-order valence-electron chi connectivity index (χ3n) is 8.62. The average Bonchev–Trinajstić information content (AvgIpc) is 3.71. The average molecular weight is 738 g/mol. The van der Waals surface area contributed by atoms with Gasteiger partial charge in [0, 0.05) is 37.8 Å². The molecule has 0 spiro atoms. The lowest BCUT2D eigenvalue weighted by molar-refractivity contribution is -0.136. The van der Waals surface area contributed by atoms with E-state index < -0.39 is 29.7 Å². The van der Waals surface area contributed by atoms with Crippen LogP contribution in [0.3, 0.4) is 0 Å². The molecule has 2 N–H and O–H groups in total. The number of aromatic nitrogens is 4. The standard InChI is InChI=1S/C37H35N7O10/c1-43-32(46)12-8-27(42-43)35-40-28-19-23(7-10-30(28)54-35)53-21-22-5-6-24(20-39-22)52-18-17-51-16-15-50-14-13-38-26-4-2-3-25-33(26)37(49)44(36(25)48)29-9-11-31(45)41-34(29)47/h2-8,10,12,19-20,29,38H,9,11,13-18,21H2,1H3,(H,41,45,47). The number of nitrogens with zero attached hydrogens (tertiary/aromatic N) is 5. The number of imide groups is 2. The Morgan fingerprint density at radius 2 is 1.70 bits per heavy atom. The predicted molar refractivity (Wildman–Crippen MR) is 190 cm³/mol. The number of nitrogens with one attached hydrogen (secondary N) is 2. The molecule has 1 fully saturated rings. The maximum Gasteiger partial charge on any atom is 0.266 e. The Hall–Kier alpha value is -6.46. The molecule has 0 saturated carbocycles. The molecule has 0 aliphatic carbocycles. The van der Waals surface area contributed by atoms with E-state index in [1.807, 2.05) is 6.07 Å². The van der Waals surface area contributed by atoms with Crippen LogP contribution in [0.25, 0.3) is 22.7 Å². The Morgan fingerprint density at radius 3 is 2.50 bits per heavy atom. The van der Waals surface area contributed by atoms with Gasteiger partial charge >= 0.3 is 0 Å². The number of rotatable bonds is 16. The van der Waals surface area contributed by atoms with Crippen molar-refractivity contribution in [2.24, 2.45) is 7.05 Å². The van der Waals surface area contributed by atoms with Gasteiger partial charge in [-0.3, -0.25) is 39.2 Å². The molecule has 7 rings (SSSR count). The highest BCUT2D eigenvalue weighted by Gasteiger charge is 2.45. The van der Waals surface area contributed by atoms with Crippen LogP contribution in [0.4, 0.5) is 5.69 Å². The Balaban J connectivity index is 0.772. The zero-order chi connectivity index (χ0) is 37.6. The molecule has 17 nitrogen and oxygen atoms in total. The van der Waals surface area contributed by atoms with Crippen LogP contribution < -0.4 is 25.7 Å². The number of benzene rings is 2. The van der Waals surface area contributed by atoms with E-state index in [4.69, 9.17) is 23.4 Å². The van der Waals surface area contributed by atoms with Crippen molar-refractivity contribution < 1.29 is 42.5 Å². The number of amides is 4. The number of hydrogen-bond donors (Lipinski definition) is 2. The summed E-state index contributed by atoms with van der Waals surface area (Å²) in [6, 6.07) is 15.7. The predicted octanol–water partition coefficient (Wildman–Crippen LogP) is 2.49. The van der Waals surface area contributed by atoms with Gasteiger partial charge in [-0.15, -0.1) is 0 Å². The molecule has 5 aromatic rings. The first-order valence-corrected chi connectivity index (χ1v) is 17.1. The molecule has 0 radical (unpaired) electrons. The molecule has 2 aliphatic heterocycles. The quantitative estimate of drug-likeness (QED) is 0.110. The van der Waals surface area contributed by atoms with E-state index >= 15 is 0 Å². The molecule has 1 saturated heterocycles. The number of carbonyl (C=O) groups excluding carboxylic acids is 4. The van der Waals surface area contributed by atoms with Crippen LogP contribution in [0.15, 0.2) is 76.1 Å². The van der Waals surface area contributed by atoms with E-state index in [0.29, 0.717) is 85.1 Å². The van der Waals surface area contributed by atoms with Crippen molar-refractivity contribution in [3.05, 3.63) is 94.0 Å². The van der Waals surface area contributed by atoms with E-state index in [-0.39, 0.29) is 36.1 Å². The topological polar surface area (TPSA) is 206 Å². The summed E-state index contributed by atoms with van der Waals surface area (Å²) < 4.78 is 29.8. The summed E-state index contributed by atoms with van der Waals surface area (Å²) in [7, 11) is 1.56. The summed E-state index contributed by atoms with van der Waals surface area (Å²) in [5.41, 5.74) is 2.94. The molecule has 3 aromatic heterocycles. The molecule has 0 bridgehead atoms. The highest BCUT2D eigenvalue weighted by molar-refractivity contribution is 6.25. The third-order valence-corrected chi connectivity index (χ3v) is 8.62. The van der Waals surface area contributed by atoms with Crippen molar-refractivity contribution in [1.82, 2.24) is 30.0 Å². The van der Waals surface area contributed by atoms with E-state index in [1.165, 1.54) is 10.7 Å². The first kappa shape index (κ1) is 35.9. The molecule has 2 aliphatic rings. The van der Waals surface area contributed by atoms with Crippen LogP contribution in [0, 0.1) is 0 Å². The van der Waals surface area contributed by atoms with Crippen molar-refractivity contribution in [2.45, 2.75) is 25.5 Å². The first-order valence-electron chi connectivity index (χ1n) is 17.1. The van der Waals surface area contributed by atoms with Crippen molar-refractivity contribution >= 4 is 40.4 Å². The summed E-state index contributed by atoms with van der Waals surface area (Å²) in [5, 5.41) is 9.50. The smallest absolute Gasteiger partial charge is 0.266 e. The fourth-order valence-electron chi connectivity index (χ4n) is 5.92. The van der Waals surface area contributed by atoms with Gasteiger partial charge in [0.05, 0.1) is 49.4 Å². The van der Waals surface area contributed by atoms with E-state index in [1.54, 1.807) is 61.8 Å². The van der Waals surface area contributed by atoms with Gasteiger partial charge in [-0.1, -0.05) is 6.07 Å². The Morgan fingerprint density at radius 1 is 0.889 bits per heavy atom. The molecule has 278 valence electrons. The normalized spacial score (nSPS) is 15.4. The van der Waals surface area contributed by atoms with Gasteiger partial charge in [0.1, 0.15) is 42.0 Å². The van der Waals surface area contributed by atoms with Crippen LogP contribution in [0.2, 0.25) is 0 Å². The third kappa shape index (κ3) is 7.96. The molecule has 54 heavy (non-hydrogen) atoms. The highest BCUT2D eigenvalue weighted by atomic mass is 16.5. The minimum Gasteiger partial charge on any atom is -0.490 e. The fourth-order valence-corrected chi connectivity index (χ4v) is 5.92. The second kappa shape index (κ2) is 16.1. The van der Waals surface area contributed by atoms with Crippen LogP contribution in [0.5, 0.6) is 11.5 Å². The summed E-state index contributed by atoms with van der Waals surface area (Å²) in [5.74, 6) is -0.733. The van der Waals surface area contributed by atoms with E-state index in [9.17, 15) is 24.0 Å². The maximum absolute atomic E-state index is 13.2. The summed E-state index contributed by atoms with van der Waals surface area (Å²) >= 11 is 0. The number of anilines is 1. The van der Waals surface area contributed by atoms with Gasteiger partial charge in [0.15, 0.2) is 5.58 Å². The molecular weight excluding hydrogens is 702 g/mol. The summed E-state index contributed by atoms with van der Waals surface area (Å²) in [4.78, 5) is 71.5.